The molecule has 2 N–H and O–H groups in total. The van der Waals surface area contributed by atoms with E-state index in [4.69, 9.17) is 4.74 Å². The summed E-state index contributed by atoms with van der Waals surface area (Å²) in [4.78, 5) is 4.15. The molecule has 41 heavy (non-hydrogen) atoms. The Morgan fingerprint density at radius 2 is 0.756 bits per heavy atom. The lowest BCUT2D eigenvalue weighted by atomic mass is 10.1. The van der Waals surface area contributed by atoms with Crippen LogP contribution in [0.4, 0.5) is 34.1 Å². The molecule has 5 nitrogen and oxygen atoms in total. The van der Waals surface area contributed by atoms with Crippen molar-refractivity contribution in [1.82, 2.24) is 0 Å². The van der Waals surface area contributed by atoms with Crippen LogP contribution < -0.4 is 14.5 Å². The average molecular weight is 537 g/mol. The normalized spacial score (nSPS) is 10.6. The third-order valence-corrected chi connectivity index (χ3v) is 6.61. The molecular weight excluding hydrogens is 508 g/mol. The van der Waals surface area contributed by atoms with Crippen molar-refractivity contribution in [2.24, 2.45) is 0 Å². The van der Waals surface area contributed by atoms with Crippen LogP contribution in [0.25, 0.3) is 0 Å². The lowest BCUT2D eigenvalue weighted by Crippen LogP contribution is -2.10. The van der Waals surface area contributed by atoms with Crippen molar-refractivity contribution in [2.75, 3.05) is 9.80 Å². The zero-order valence-electron chi connectivity index (χ0n) is 22.2. The first-order chi connectivity index (χ1) is 20.1. The molecule has 0 fully saturated rings. The van der Waals surface area contributed by atoms with Gasteiger partial charge in [-0.1, -0.05) is 54.6 Å². The summed E-state index contributed by atoms with van der Waals surface area (Å²) in [6.45, 7) is 0. The summed E-state index contributed by atoms with van der Waals surface area (Å²) in [5.74, 6) is 1.78. The maximum absolute atomic E-state index is 10.2. The predicted octanol–water partition coefficient (Wildman–Crippen LogP) is 9.83. The van der Waals surface area contributed by atoms with Gasteiger partial charge in [0, 0.05) is 52.3 Å². The van der Waals surface area contributed by atoms with Crippen LogP contribution in [0, 0.1) is 0 Å². The van der Waals surface area contributed by atoms with Gasteiger partial charge < -0.3 is 24.7 Å². The molecular formula is C36H28N2O3. The van der Waals surface area contributed by atoms with Crippen LogP contribution >= 0.6 is 0 Å². The quantitative estimate of drug-likeness (QED) is 0.203. The number of ether oxygens (including phenoxy) is 1. The molecule has 0 bridgehead atoms. The van der Waals surface area contributed by atoms with Gasteiger partial charge in [-0.15, -0.1) is 0 Å². The van der Waals surface area contributed by atoms with E-state index >= 15 is 0 Å². The van der Waals surface area contributed by atoms with Gasteiger partial charge in [0.1, 0.15) is 23.0 Å². The van der Waals surface area contributed by atoms with Crippen molar-refractivity contribution in [3.63, 3.8) is 0 Å². The standard InChI is InChI=1S/C36H28N2O3/c39-33-17-7-14-30(24-33)37(27-10-3-1-4-11-27)29-20-22-35(23-21-29)41-36-19-9-16-32(26-36)38(28-12-5-2-6-13-28)31-15-8-18-34(40)25-31/h1-26,39-40H. The highest BCUT2D eigenvalue weighted by atomic mass is 16.5. The SMILES string of the molecule is Oc1cccc(N(c2ccccc2)c2ccc(Oc3cccc(N(c4ccccc4)c4cccc(O)c4)c3)cc2)c1. The van der Waals surface area contributed by atoms with Gasteiger partial charge in [0.25, 0.3) is 0 Å². The van der Waals surface area contributed by atoms with E-state index in [1.54, 1.807) is 24.3 Å². The topological polar surface area (TPSA) is 56.2 Å². The molecule has 0 atom stereocenters. The fourth-order valence-corrected chi connectivity index (χ4v) is 4.80. The van der Waals surface area contributed by atoms with Crippen LogP contribution in [-0.2, 0) is 0 Å². The highest BCUT2D eigenvalue weighted by Crippen LogP contribution is 2.39. The van der Waals surface area contributed by atoms with Crippen LogP contribution in [0.3, 0.4) is 0 Å². The van der Waals surface area contributed by atoms with E-state index in [0.29, 0.717) is 11.5 Å². The first kappa shape index (κ1) is 25.6. The lowest BCUT2D eigenvalue weighted by Gasteiger charge is -2.26. The molecule has 0 radical (unpaired) electrons. The van der Waals surface area contributed by atoms with E-state index in [1.807, 2.05) is 133 Å². The molecule has 0 aliphatic rings. The van der Waals surface area contributed by atoms with Gasteiger partial charge in [-0.05, 0) is 84.9 Å². The van der Waals surface area contributed by atoms with Crippen LogP contribution in [0.2, 0.25) is 0 Å². The molecule has 0 unspecified atom stereocenters. The summed E-state index contributed by atoms with van der Waals surface area (Å²) in [7, 11) is 0. The van der Waals surface area contributed by atoms with Crippen molar-refractivity contribution in [1.29, 1.82) is 0 Å². The number of hydrogen-bond acceptors (Lipinski definition) is 5. The van der Waals surface area contributed by atoms with E-state index in [1.165, 1.54) is 0 Å². The van der Waals surface area contributed by atoms with Crippen molar-refractivity contribution >= 4 is 34.1 Å². The minimum atomic E-state index is 0.200. The Morgan fingerprint density at radius 1 is 0.341 bits per heavy atom. The maximum atomic E-state index is 10.2. The zero-order chi connectivity index (χ0) is 28.0. The van der Waals surface area contributed by atoms with Gasteiger partial charge in [-0.3, -0.25) is 0 Å². The summed E-state index contributed by atoms with van der Waals surface area (Å²) in [5, 5.41) is 20.3. The number of anilines is 6. The van der Waals surface area contributed by atoms with Crippen molar-refractivity contribution in [3.8, 4) is 23.0 Å². The third kappa shape index (κ3) is 5.84. The molecule has 0 amide bonds. The van der Waals surface area contributed by atoms with E-state index in [9.17, 15) is 10.2 Å². The van der Waals surface area contributed by atoms with E-state index < -0.39 is 0 Å². The summed E-state index contributed by atoms with van der Waals surface area (Å²) >= 11 is 0. The molecule has 6 aromatic rings. The van der Waals surface area contributed by atoms with Crippen molar-refractivity contribution in [2.45, 2.75) is 0 Å². The third-order valence-electron chi connectivity index (χ3n) is 6.61. The van der Waals surface area contributed by atoms with Gasteiger partial charge >= 0.3 is 0 Å². The minimum absolute atomic E-state index is 0.200. The monoisotopic (exact) mass is 536 g/mol. The Kier molecular flexibility index (Phi) is 7.24. The molecule has 0 spiro atoms. The van der Waals surface area contributed by atoms with E-state index in [2.05, 4.69) is 9.80 Å². The van der Waals surface area contributed by atoms with Gasteiger partial charge in [-0.2, -0.15) is 0 Å². The number of benzene rings is 6. The Balaban J connectivity index is 1.30. The number of aromatic hydroxyl groups is 2. The van der Waals surface area contributed by atoms with Gasteiger partial charge in [0.15, 0.2) is 0 Å². The summed E-state index contributed by atoms with van der Waals surface area (Å²) in [6.07, 6.45) is 0. The predicted molar refractivity (Wildman–Crippen MR) is 166 cm³/mol. The fraction of sp³-hybridized carbons (Fsp3) is 0. The van der Waals surface area contributed by atoms with E-state index in [-0.39, 0.29) is 11.5 Å². The second-order valence-corrected chi connectivity index (χ2v) is 9.47. The Labute approximate surface area is 239 Å². The molecule has 0 aliphatic carbocycles. The minimum Gasteiger partial charge on any atom is -0.508 e. The molecule has 6 aromatic carbocycles. The Bertz CT molecular complexity index is 1740. The second-order valence-electron chi connectivity index (χ2n) is 9.47. The van der Waals surface area contributed by atoms with Crippen LogP contribution in [0.5, 0.6) is 23.0 Å². The average Bonchev–Trinajstić information content (AvgIpc) is 3.00. The Morgan fingerprint density at radius 3 is 1.27 bits per heavy atom. The van der Waals surface area contributed by atoms with Crippen molar-refractivity contribution in [3.05, 3.63) is 158 Å². The van der Waals surface area contributed by atoms with Gasteiger partial charge in [0.05, 0.1) is 0 Å². The van der Waals surface area contributed by atoms with E-state index in [0.717, 1.165) is 34.1 Å². The molecule has 6 rings (SSSR count). The molecule has 0 aliphatic heterocycles. The summed E-state index contributed by atoms with van der Waals surface area (Å²) in [6, 6.07) is 50.2. The highest BCUT2D eigenvalue weighted by Gasteiger charge is 2.15. The highest BCUT2D eigenvalue weighted by molar-refractivity contribution is 5.79. The second kappa shape index (κ2) is 11.6. The molecule has 200 valence electrons. The smallest absolute Gasteiger partial charge is 0.129 e. The molecule has 5 heteroatoms. The lowest BCUT2D eigenvalue weighted by molar-refractivity contribution is 0.475. The first-order valence-electron chi connectivity index (χ1n) is 13.3. The molecule has 0 saturated carbocycles. The number of phenols is 2. The molecule has 0 heterocycles. The maximum Gasteiger partial charge on any atom is 0.129 e. The Hall–Kier alpha value is -5.68. The number of phenolic OH excluding ortho intramolecular Hbond substituents is 2. The van der Waals surface area contributed by atoms with Crippen molar-refractivity contribution < 1.29 is 14.9 Å². The molecule has 0 aromatic heterocycles. The number of nitrogens with zero attached hydrogens (tertiary/aromatic N) is 2. The van der Waals surface area contributed by atoms with Gasteiger partial charge in [0.2, 0.25) is 0 Å². The first-order valence-corrected chi connectivity index (χ1v) is 13.3. The van der Waals surface area contributed by atoms with Crippen LogP contribution in [0.15, 0.2) is 158 Å². The van der Waals surface area contributed by atoms with Crippen LogP contribution in [-0.4, -0.2) is 10.2 Å². The fourth-order valence-electron chi connectivity index (χ4n) is 4.80. The van der Waals surface area contributed by atoms with Crippen LogP contribution in [0.1, 0.15) is 0 Å². The number of hydrogen-bond donors (Lipinski definition) is 2. The molecule has 0 saturated heterocycles. The number of para-hydroxylation sites is 2. The summed E-state index contributed by atoms with van der Waals surface area (Å²) < 4.78 is 6.30. The number of rotatable bonds is 8. The van der Waals surface area contributed by atoms with Gasteiger partial charge in [-0.25, -0.2) is 0 Å². The zero-order valence-corrected chi connectivity index (χ0v) is 22.2. The largest absolute Gasteiger partial charge is 0.508 e. The summed E-state index contributed by atoms with van der Waals surface area (Å²) in [5.41, 5.74) is 5.47.